The number of halogens is 1. The Morgan fingerprint density at radius 1 is 1.15 bits per heavy atom. The molecule has 0 radical (unpaired) electrons. The number of carbonyl (C=O) groups excluding carboxylic acids is 1. The first-order valence-electron chi connectivity index (χ1n) is 5.95. The number of hydrogen-bond donors (Lipinski definition) is 0. The average Bonchev–Trinajstić information content (AvgIpc) is 2.71. The third-order valence-electron chi connectivity index (χ3n) is 3.22. The van der Waals surface area contributed by atoms with Gasteiger partial charge in [-0.25, -0.2) is 0 Å². The van der Waals surface area contributed by atoms with Gasteiger partial charge in [-0.3, -0.25) is 4.79 Å². The highest BCUT2D eigenvalue weighted by Gasteiger charge is 2.37. The van der Waals surface area contributed by atoms with Gasteiger partial charge in [-0.15, -0.1) is 0 Å². The fourth-order valence-electron chi connectivity index (χ4n) is 2.22. The van der Waals surface area contributed by atoms with Crippen LogP contribution in [-0.2, 0) is 0 Å². The van der Waals surface area contributed by atoms with Crippen molar-refractivity contribution in [1.82, 2.24) is 0 Å². The molecule has 0 unspecified atom stereocenters. The van der Waals surface area contributed by atoms with Crippen LogP contribution in [0.5, 0.6) is 5.75 Å². The second-order valence-corrected chi connectivity index (χ2v) is 5.19. The first kappa shape index (κ1) is 12.9. The zero-order valence-corrected chi connectivity index (χ0v) is 12.2. The molecule has 0 bridgehead atoms. The molecule has 100 valence electrons. The van der Waals surface area contributed by atoms with Gasteiger partial charge in [0.15, 0.2) is 0 Å². The zero-order valence-electron chi connectivity index (χ0n) is 10.6. The quantitative estimate of drug-likeness (QED) is 0.626. The van der Waals surface area contributed by atoms with E-state index in [-0.39, 0.29) is 11.5 Å². The van der Waals surface area contributed by atoms with Crippen molar-refractivity contribution in [3.8, 4) is 5.75 Å². The summed E-state index contributed by atoms with van der Waals surface area (Å²) >= 11 is 3.37. The average molecular weight is 332 g/mol. The van der Waals surface area contributed by atoms with E-state index in [1.165, 1.54) is 7.11 Å². The number of benzene rings is 2. The lowest BCUT2D eigenvalue weighted by molar-refractivity contribution is -0.355. The van der Waals surface area contributed by atoms with E-state index in [0.29, 0.717) is 31.8 Å². The molecule has 0 spiro atoms. The highest BCUT2D eigenvalue weighted by atomic mass is 79.9. The highest BCUT2D eigenvalue weighted by molar-refractivity contribution is 9.10. The van der Waals surface area contributed by atoms with E-state index in [1.54, 1.807) is 36.4 Å². The minimum atomic E-state index is -0.274. The van der Waals surface area contributed by atoms with Gasteiger partial charge in [-0.05, 0) is 40.2 Å². The Labute approximate surface area is 124 Å². The van der Waals surface area contributed by atoms with Crippen molar-refractivity contribution in [2.75, 3.05) is 7.11 Å². The summed E-state index contributed by atoms with van der Waals surface area (Å²) in [6.45, 7) is 0. The van der Waals surface area contributed by atoms with Gasteiger partial charge in [0.1, 0.15) is 11.3 Å². The van der Waals surface area contributed by atoms with Crippen molar-refractivity contribution in [2.24, 2.45) is 0 Å². The van der Waals surface area contributed by atoms with Crippen LogP contribution >= 0.6 is 15.9 Å². The van der Waals surface area contributed by atoms with E-state index in [4.69, 9.17) is 4.74 Å². The number of ether oxygens (including phenoxy) is 1. The summed E-state index contributed by atoms with van der Waals surface area (Å²) < 4.78 is 6.47. The predicted octanol–water partition coefficient (Wildman–Crippen LogP) is 3.29. The molecule has 2 aromatic carbocycles. The molecule has 0 N–H and O–H groups in total. The maximum Gasteiger partial charge on any atom is 0.274 e. The minimum Gasteiger partial charge on any atom is -0.618 e. The number of rotatable bonds is 2. The molecule has 4 nitrogen and oxygen atoms in total. The maximum absolute atomic E-state index is 12.4. The van der Waals surface area contributed by atoms with Crippen LogP contribution in [0.15, 0.2) is 46.9 Å². The Bertz CT molecular complexity index is 753. The molecule has 2 aromatic rings. The molecule has 1 heterocycles. The Morgan fingerprint density at radius 2 is 1.90 bits per heavy atom. The second kappa shape index (κ2) is 4.76. The van der Waals surface area contributed by atoms with Crippen LogP contribution in [0.1, 0.15) is 15.9 Å². The number of methoxy groups -OCH3 is 1. The second-order valence-electron chi connectivity index (χ2n) is 4.34. The van der Waals surface area contributed by atoms with Gasteiger partial charge in [0.2, 0.25) is 5.69 Å². The lowest BCUT2D eigenvalue weighted by atomic mass is 10.0. The van der Waals surface area contributed by atoms with E-state index >= 15 is 0 Å². The Balaban J connectivity index is 2.21. The largest absolute Gasteiger partial charge is 0.618 e. The number of ketones is 1. The van der Waals surface area contributed by atoms with Crippen LogP contribution < -0.4 is 4.74 Å². The van der Waals surface area contributed by atoms with Crippen molar-refractivity contribution in [3.05, 3.63) is 63.3 Å². The molecule has 0 atom stereocenters. The maximum atomic E-state index is 12.4. The van der Waals surface area contributed by atoms with E-state index in [9.17, 15) is 10.0 Å². The van der Waals surface area contributed by atoms with Gasteiger partial charge in [-0.2, -0.15) is 4.74 Å². The van der Waals surface area contributed by atoms with Gasteiger partial charge in [0.05, 0.1) is 18.7 Å². The minimum absolute atomic E-state index is 0.126. The smallest absolute Gasteiger partial charge is 0.274 e. The summed E-state index contributed by atoms with van der Waals surface area (Å²) in [7, 11) is 1.52. The molecular weight excluding hydrogens is 322 g/mol. The topological polar surface area (TPSA) is 52.4 Å². The first-order chi connectivity index (χ1) is 9.63. The van der Waals surface area contributed by atoms with Crippen molar-refractivity contribution in [3.63, 3.8) is 0 Å². The Morgan fingerprint density at radius 3 is 2.60 bits per heavy atom. The van der Waals surface area contributed by atoms with Crippen molar-refractivity contribution in [2.45, 2.75) is 0 Å². The highest BCUT2D eigenvalue weighted by Crippen LogP contribution is 2.32. The summed E-state index contributed by atoms with van der Waals surface area (Å²) in [5, 5.41) is 12.4. The van der Waals surface area contributed by atoms with Crippen LogP contribution in [0, 0.1) is 5.21 Å². The third-order valence-corrected chi connectivity index (χ3v) is 3.91. The number of fused-ring (bicyclic) bond motifs is 1. The Hall–Kier alpha value is -2.14. The van der Waals surface area contributed by atoms with Crippen molar-refractivity contribution >= 4 is 33.1 Å². The molecule has 3 rings (SSSR count). The van der Waals surface area contributed by atoms with Gasteiger partial charge in [-0.1, -0.05) is 12.1 Å². The monoisotopic (exact) mass is 331 g/mol. The van der Waals surface area contributed by atoms with Gasteiger partial charge < -0.3 is 9.94 Å². The zero-order chi connectivity index (χ0) is 14.3. The third kappa shape index (κ3) is 1.82. The molecule has 0 amide bonds. The fourth-order valence-corrected chi connectivity index (χ4v) is 2.70. The lowest BCUT2D eigenvalue weighted by Gasteiger charge is -2.04. The lowest BCUT2D eigenvalue weighted by Crippen LogP contribution is -2.17. The molecule has 1 aliphatic heterocycles. The molecule has 0 aromatic heterocycles. The van der Waals surface area contributed by atoms with Gasteiger partial charge >= 0.3 is 0 Å². The number of hydrogen-bond acceptors (Lipinski definition) is 3. The fraction of sp³-hybridized carbons (Fsp3) is 0.0667. The van der Waals surface area contributed by atoms with Crippen LogP contribution in [0.2, 0.25) is 0 Å². The van der Waals surface area contributed by atoms with Crippen LogP contribution in [0.25, 0.3) is 0 Å². The predicted molar refractivity (Wildman–Crippen MR) is 78.9 cm³/mol. The molecule has 20 heavy (non-hydrogen) atoms. The molecule has 0 aliphatic carbocycles. The molecular formula is C15H10BrNO3. The van der Waals surface area contributed by atoms with Gasteiger partial charge in [0, 0.05) is 4.47 Å². The van der Waals surface area contributed by atoms with Crippen molar-refractivity contribution in [1.29, 1.82) is 0 Å². The molecule has 0 saturated carbocycles. The molecule has 0 saturated heterocycles. The number of carbonyl (C=O) groups is 1. The van der Waals surface area contributed by atoms with Crippen LogP contribution in [-0.4, -0.2) is 23.3 Å². The molecule has 1 aliphatic rings. The van der Waals surface area contributed by atoms with Gasteiger partial charge in [0.25, 0.3) is 11.5 Å². The summed E-state index contributed by atoms with van der Waals surface area (Å²) in [4.78, 5) is 12.4. The SMILES string of the molecule is COc1ccc2c(c1)[N+]([O-])=C(c1ccccc1Br)C2=O. The van der Waals surface area contributed by atoms with E-state index in [0.717, 1.165) is 0 Å². The van der Waals surface area contributed by atoms with E-state index in [2.05, 4.69) is 15.9 Å². The number of Topliss-reactive ketones (excluding diaryl/α,β-unsaturated/α-hetero) is 1. The van der Waals surface area contributed by atoms with E-state index in [1.807, 2.05) is 6.07 Å². The standard InChI is InChI=1S/C15H10BrNO3/c1-20-9-6-7-11-13(8-9)17(19)14(15(11)18)10-4-2-3-5-12(10)16/h2-8H,1H3. The summed E-state index contributed by atoms with van der Waals surface area (Å²) in [5.41, 5.74) is 1.43. The van der Waals surface area contributed by atoms with Crippen LogP contribution in [0.3, 0.4) is 0 Å². The number of nitrogens with zero attached hydrogens (tertiary/aromatic N) is 1. The van der Waals surface area contributed by atoms with Crippen molar-refractivity contribution < 1.29 is 14.3 Å². The van der Waals surface area contributed by atoms with E-state index < -0.39 is 0 Å². The van der Waals surface area contributed by atoms with Crippen LogP contribution in [0.4, 0.5) is 5.69 Å². The summed E-state index contributed by atoms with van der Waals surface area (Å²) in [6, 6.07) is 12.0. The first-order valence-corrected chi connectivity index (χ1v) is 6.74. The molecule has 5 heteroatoms. The molecule has 0 fully saturated rings. The summed E-state index contributed by atoms with van der Waals surface area (Å²) in [5.74, 6) is 0.273. The summed E-state index contributed by atoms with van der Waals surface area (Å²) in [6.07, 6.45) is 0. The normalized spacial score (nSPS) is 13.6. The Kier molecular flexibility index (Phi) is 3.06.